The number of amides is 1. The summed E-state index contributed by atoms with van der Waals surface area (Å²) in [5.74, 6) is -0.840. The number of esters is 1. The maximum absolute atomic E-state index is 12.5. The number of nitrogens with zero attached hydrogens (tertiary/aromatic N) is 2. The first kappa shape index (κ1) is 18.6. The number of hydrogen-bond donors (Lipinski definition) is 0. The summed E-state index contributed by atoms with van der Waals surface area (Å²) < 4.78 is 7.63. The molecule has 2 aromatic carbocycles. The normalized spacial score (nSPS) is 11.8. The summed E-state index contributed by atoms with van der Waals surface area (Å²) in [7, 11) is 1.80. The Morgan fingerprint density at radius 3 is 2.65 bits per heavy atom. The van der Waals surface area contributed by atoms with Crippen molar-refractivity contribution >= 4 is 56.6 Å². The number of aryl methyl sites for hydroxylation is 1. The topological polar surface area (TPSA) is 60.7 Å². The highest BCUT2D eigenvalue weighted by Gasteiger charge is 2.13. The van der Waals surface area contributed by atoms with Gasteiger partial charge in [-0.15, -0.1) is 0 Å². The van der Waals surface area contributed by atoms with Crippen molar-refractivity contribution in [2.75, 3.05) is 6.61 Å². The van der Waals surface area contributed by atoms with Crippen LogP contribution in [0.15, 0.2) is 41.4 Å². The third-order valence-corrected chi connectivity index (χ3v) is 5.32. The molecule has 26 heavy (non-hydrogen) atoms. The van der Waals surface area contributed by atoms with Crippen molar-refractivity contribution in [3.05, 3.63) is 62.4 Å². The molecule has 0 aliphatic carbocycles. The lowest BCUT2D eigenvalue weighted by Gasteiger charge is -2.02. The van der Waals surface area contributed by atoms with Crippen LogP contribution in [0.5, 0.6) is 0 Å². The smallest absolute Gasteiger partial charge is 0.338 e. The summed E-state index contributed by atoms with van der Waals surface area (Å²) in [5.41, 5.74) is 1.59. The van der Waals surface area contributed by atoms with Gasteiger partial charge in [-0.1, -0.05) is 34.5 Å². The van der Waals surface area contributed by atoms with Gasteiger partial charge in [0.15, 0.2) is 4.80 Å². The van der Waals surface area contributed by atoms with Gasteiger partial charge in [0.05, 0.1) is 33.0 Å². The van der Waals surface area contributed by atoms with E-state index in [1.807, 2.05) is 0 Å². The molecule has 0 atom stereocenters. The zero-order chi connectivity index (χ0) is 18.8. The minimum Gasteiger partial charge on any atom is -0.462 e. The first-order chi connectivity index (χ1) is 12.4. The van der Waals surface area contributed by atoms with Crippen LogP contribution >= 0.6 is 34.5 Å². The largest absolute Gasteiger partial charge is 0.462 e. The first-order valence-corrected chi connectivity index (χ1v) is 9.28. The van der Waals surface area contributed by atoms with Crippen molar-refractivity contribution in [1.29, 1.82) is 0 Å². The van der Waals surface area contributed by atoms with Crippen LogP contribution in [-0.4, -0.2) is 23.1 Å². The van der Waals surface area contributed by atoms with Crippen LogP contribution in [0.25, 0.3) is 10.2 Å². The van der Waals surface area contributed by atoms with Crippen molar-refractivity contribution in [2.45, 2.75) is 6.92 Å². The number of fused-ring (bicyclic) bond motifs is 1. The van der Waals surface area contributed by atoms with Crippen molar-refractivity contribution in [1.82, 2.24) is 4.57 Å². The molecule has 0 unspecified atom stereocenters. The second-order valence-corrected chi connectivity index (χ2v) is 7.24. The van der Waals surface area contributed by atoms with Gasteiger partial charge in [0.25, 0.3) is 5.91 Å². The van der Waals surface area contributed by atoms with Crippen LogP contribution in [0.1, 0.15) is 27.6 Å². The molecule has 0 radical (unpaired) electrons. The van der Waals surface area contributed by atoms with Gasteiger partial charge < -0.3 is 9.30 Å². The lowest BCUT2D eigenvalue weighted by atomic mass is 10.2. The zero-order valence-corrected chi connectivity index (χ0v) is 16.3. The molecule has 0 fully saturated rings. The van der Waals surface area contributed by atoms with Gasteiger partial charge in [-0.2, -0.15) is 4.99 Å². The molecule has 1 aromatic heterocycles. The van der Waals surface area contributed by atoms with Crippen LogP contribution < -0.4 is 4.80 Å². The Hall–Kier alpha value is -2.15. The van der Waals surface area contributed by atoms with E-state index in [2.05, 4.69) is 4.99 Å². The lowest BCUT2D eigenvalue weighted by Crippen LogP contribution is -2.13. The molecule has 0 spiro atoms. The SMILES string of the molecule is CCOC(=O)c1ccc2c(c1)sc(=NC(=O)c1ccc(Cl)cc1Cl)n2C. The van der Waals surface area contributed by atoms with Gasteiger partial charge in [-0.3, -0.25) is 4.79 Å². The van der Waals surface area contributed by atoms with Crippen LogP contribution in [0.3, 0.4) is 0 Å². The van der Waals surface area contributed by atoms with E-state index in [9.17, 15) is 9.59 Å². The van der Waals surface area contributed by atoms with E-state index >= 15 is 0 Å². The van der Waals surface area contributed by atoms with E-state index in [-0.39, 0.29) is 16.6 Å². The molecule has 5 nitrogen and oxygen atoms in total. The van der Waals surface area contributed by atoms with Gasteiger partial charge in [0, 0.05) is 12.1 Å². The Kier molecular flexibility index (Phi) is 5.46. The Balaban J connectivity index is 2.04. The average Bonchev–Trinajstić information content (AvgIpc) is 2.90. The van der Waals surface area contributed by atoms with E-state index in [0.29, 0.717) is 22.0 Å². The molecule has 0 aliphatic rings. The van der Waals surface area contributed by atoms with Crippen molar-refractivity contribution < 1.29 is 14.3 Å². The Bertz CT molecular complexity index is 1090. The summed E-state index contributed by atoms with van der Waals surface area (Å²) >= 11 is 13.2. The van der Waals surface area contributed by atoms with Crippen LogP contribution in [0.2, 0.25) is 10.0 Å². The number of halogens is 2. The van der Waals surface area contributed by atoms with Gasteiger partial charge in [-0.25, -0.2) is 4.79 Å². The molecular formula is C18H14Cl2N2O3S. The predicted molar refractivity (Wildman–Crippen MR) is 103 cm³/mol. The van der Waals surface area contributed by atoms with Gasteiger partial charge in [0.2, 0.25) is 0 Å². The molecule has 0 saturated heterocycles. The molecule has 0 bridgehead atoms. The van der Waals surface area contributed by atoms with Crippen molar-refractivity contribution in [3.8, 4) is 0 Å². The summed E-state index contributed by atoms with van der Waals surface area (Å²) in [4.78, 5) is 29.0. The molecule has 134 valence electrons. The molecule has 3 rings (SSSR count). The molecule has 8 heteroatoms. The highest BCUT2D eigenvalue weighted by atomic mass is 35.5. The molecule has 0 N–H and O–H groups in total. The van der Waals surface area contributed by atoms with Gasteiger partial charge in [-0.05, 0) is 43.3 Å². The molecule has 1 heterocycles. The first-order valence-electron chi connectivity index (χ1n) is 7.71. The molecule has 3 aromatic rings. The standard InChI is InChI=1S/C18H14Cl2N2O3S/c1-3-25-17(24)10-4-7-14-15(8-10)26-18(22(14)2)21-16(23)12-6-5-11(19)9-13(12)20/h4-9H,3H2,1-2H3. The van der Waals surface area contributed by atoms with Crippen molar-refractivity contribution in [2.24, 2.45) is 12.0 Å². The molecular weight excluding hydrogens is 395 g/mol. The average molecular weight is 409 g/mol. The number of carbonyl (C=O) groups is 2. The third kappa shape index (κ3) is 3.67. The van der Waals surface area contributed by atoms with E-state index in [1.165, 1.54) is 17.4 Å². The van der Waals surface area contributed by atoms with Gasteiger partial charge >= 0.3 is 5.97 Å². The highest BCUT2D eigenvalue weighted by Crippen LogP contribution is 2.22. The van der Waals surface area contributed by atoms with E-state index in [0.717, 1.165) is 10.2 Å². The number of benzene rings is 2. The maximum atomic E-state index is 12.5. The summed E-state index contributed by atoms with van der Waals surface area (Å²) in [5, 5.41) is 0.699. The predicted octanol–water partition coefficient (Wildman–Crippen LogP) is 4.46. The maximum Gasteiger partial charge on any atom is 0.338 e. The highest BCUT2D eigenvalue weighted by molar-refractivity contribution is 7.16. The third-order valence-electron chi connectivity index (χ3n) is 3.68. The number of aromatic nitrogens is 1. The van der Waals surface area contributed by atoms with Crippen LogP contribution in [0.4, 0.5) is 0 Å². The van der Waals surface area contributed by atoms with E-state index in [4.69, 9.17) is 27.9 Å². The minimum atomic E-state index is -0.459. The number of hydrogen-bond acceptors (Lipinski definition) is 4. The molecule has 0 aliphatic heterocycles. The quantitative estimate of drug-likeness (QED) is 0.600. The van der Waals surface area contributed by atoms with Crippen LogP contribution in [-0.2, 0) is 11.8 Å². The fourth-order valence-corrected chi connectivity index (χ4v) is 3.94. The minimum absolute atomic E-state index is 0.250. The summed E-state index contributed by atoms with van der Waals surface area (Å²) in [6.45, 7) is 2.07. The fourth-order valence-electron chi connectivity index (χ4n) is 2.39. The van der Waals surface area contributed by atoms with E-state index in [1.54, 1.807) is 48.9 Å². The number of rotatable bonds is 3. The summed E-state index contributed by atoms with van der Waals surface area (Å²) in [6.07, 6.45) is 0. The van der Waals surface area contributed by atoms with Crippen LogP contribution in [0, 0.1) is 0 Å². The number of ether oxygens (including phenoxy) is 1. The Morgan fingerprint density at radius 1 is 1.19 bits per heavy atom. The Morgan fingerprint density at radius 2 is 1.96 bits per heavy atom. The molecule has 0 saturated carbocycles. The second kappa shape index (κ2) is 7.61. The van der Waals surface area contributed by atoms with E-state index < -0.39 is 5.91 Å². The Labute approximate surface area is 163 Å². The fraction of sp³-hybridized carbons (Fsp3) is 0.167. The zero-order valence-electron chi connectivity index (χ0n) is 14.0. The monoisotopic (exact) mass is 408 g/mol. The number of carbonyl (C=O) groups excluding carboxylic acids is 2. The summed E-state index contributed by atoms with van der Waals surface area (Å²) in [6, 6.07) is 9.86. The van der Waals surface area contributed by atoms with Gasteiger partial charge in [0.1, 0.15) is 0 Å². The second-order valence-electron chi connectivity index (χ2n) is 5.39. The van der Waals surface area contributed by atoms with Crippen molar-refractivity contribution in [3.63, 3.8) is 0 Å². The lowest BCUT2D eigenvalue weighted by molar-refractivity contribution is 0.0526. The molecule has 1 amide bonds. The number of thiazole rings is 1.